The minimum absolute atomic E-state index is 0.143. The third kappa shape index (κ3) is 7.10. The Hall–Kier alpha value is -3.92. The summed E-state index contributed by atoms with van der Waals surface area (Å²) in [5.41, 5.74) is 4.87. The molecule has 0 fully saturated rings. The molecule has 0 unspecified atom stereocenters. The highest BCUT2D eigenvalue weighted by Gasteiger charge is 2.38. The first kappa shape index (κ1) is 28.6. The zero-order chi connectivity index (χ0) is 28.1. The molecule has 0 bridgehead atoms. The first-order valence-corrected chi connectivity index (χ1v) is 12.0. The molecule has 1 aliphatic heterocycles. The topological polar surface area (TPSA) is 103 Å². The van der Waals surface area contributed by atoms with Gasteiger partial charge in [0.2, 0.25) is 0 Å². The van der Waals surface area contributed by atoms with Gasteiger partial charge in [-0.25, -0.2) is 4.79 Å². The SMILES string of the molecule is Cc1[nH]c(=O)c(C(=O)NCC(C)(C)N2CCc3ccccc3C2)cc1-c1ccccc1.O=C(O)C(F)(F)F. The molecule has 3 N–H and O–H groups in total. The Morgan fingerprint density at radius 1 is 1.03 bits per heavy atom. The van der Waals surface area contributed by atoms with Crippen LogP contribution in [0.15, 0.2) is 65.5 Å². The highest BCUT2D eigenvalue weighted by Crippen LogP contribution is 2.25. The van der Waals surface area contributed by atoms with Gasteiger partial charge in [0, 0.05) is 36.4 Å². The van der Waals surface area contributed by atoms with Crippen LogP contribution in [-0.2, 0) is 17.8 Å². The van der Waals surface area contributed by atoms with Crippen molar-refractivity contribution in [2.45, 2.75) is 45.5 Å². The lowest BCUT2D eigenvalue weighted by Crippen LogP contribution is -2.53. The minimum Gasteiger partial charge on any atom is -0.475 e. The molecule has 4 rings (SSSR count). The summed E-state index contributed by atoms with van der Waals surface area (Å²) in [5.74, 6) is -3.10. The number of aromatic nitrogens is 1. The van der Waals surface area contributed by atoms with Crippen LogP contribution in [0.1, 0.15) is 41.0 Å². The predicted molar refractivity (Wildman–Crippen MR) is 138 cm³/mol. The number of nitrogens with one attached hydrogen (secondary N) is 2. The van der Waals surface area contributed by atoms with Gasteiger partial charge in [-0.15, -0.1) is 0 Å². The first-order chi connectivity index (χ1) is 17.8. The summed E-state index contributed by atoms with van der Waals surface area (Å²) in [6.07, 6.45) is -4.08. The molecular weight excluding hydrogens is 499 g/mol. The fourth-order valence-electron chi connectivity index (χ4n) is 4.23. The molecule has 1 amide bonds. The molecule has 1 aromatic heterocycles. The maximum absolute atomic E-state index is 12.9. The third-order valence-corrected chi connectivity index (χ3v) is 6.48. The number of aromatic amines is 1. The van der Waals surface area contributed by atoms with E-state index in [1.54, 1.807) is 6.07 Å². The summed E-state index contributed by atoms with van der Waals surface area (Å²) < 4.78 is 31.7. The number of amides is 1. The molecule has 38 heavy (non-hydrogen) atoms. The van der Waals surface area contributed by atoms with E-state index in [4.69, 9.17) is 9.90 Å². The molecule has 0 saturated heterocycles. The van der Waals surface area contributed by atoms with Crippen molar-refractivity contribution in [2.24, 2.45) is 0 Å². The number of alkyl halides is 3. The summed E-state index contributed by atoms with van der Waals surface area (Å²) in [7, 11) is 0. The summed E-state index contributed by atoms with van der Waals surface area (Å²) in [5, 5.41) is 10.1. The van der Waals surface area contributed by atoms with Crippen LogP contribution in [-0.4, -0.2) is 51.7 Å². The number of aliphatic carboxylic acids is 1. The van der Waals surface area contributed by atoms with E-state index in [9.17, 15) is 22.8 Å². The number of nitrogens with zero attached hydrogens (tertiary/aromatic N) is 1. The van der Waals surface area contributed by atoms with Crippen molar-refractivity contribution < 1.29 is 27.9 Å². The molecule has 3 aromatic rings. The van der Waals surface area contributed by atoms with Crippen molar-refractivity contribution in [3.05, 3.63) is 93.4 Å². The normalized spacial score (nSPS) is 13.6. The fraction of sp³-hybridized carbons (Fsp3) is 0.321. The molecule has 2 aromatic carbocycles. The van der Waals surface area contributed by atoms with Gasteiger partial charge < -0.3 is 15.4 Å². The van der Waals surface area contributed by atoms with E-state index in [0.29, 0.717) is 6.54 Å². The van der Waals surface area contributed by atoms with E-state index in [2.05, 4.69) is 53.3 Å². The zero-order valence-corrected chi connectivity index (χ0v) is 21.4. The highest BCUT2D eigenvalue weighted by molar-refractivity contribution is 5.95. The average Bonchev–Trinajstić information content (AvgIpc) is 2.87. The number of aryl methyl sites for hydroxylation is 1. The number of benzene rings is 2. The van der Waals surface area contributed by atoms with Crippen LogP contribution in [0.4, 0.5) is 13.2 Å². The van der Waals surface area contributed by atoms with E-state index < -0.39 is 12.1 Å². The summed E-state index contributed by atoms with van der Waals surface area (Å²) in [4.78, 5) is 39.6. The Bertz CT molecular complexity index is 1350. The standard InChI is InChI=1S/C26H29N3O2.C2HF3O2/c1-18-22(20-10-5-4-6-11-20)15-23(25(31)28-18)24(30)27-17-26(2,3)29-14-13-19-9-7-8-12-21(19)16-29;3-2(4,5)1(6)7/h4-12,15H,13-14,16-17H2,1-3H3,(H,27,30)(H,28,31);(H,6,7). The zero-order valence-electron chi connectivity index (χ0n) is 21.4. The van der Waals surface area contributed by atoms with Crippen LogP contribution in [0, 0.1) is 6.92 Å². The Kier molecular flexibility index (Phi) is 8.78. The summed E-state index contributed by atoms with van der Waals surface area (Å²) in [6.45, 7) is 8.39. The Morgan fingerprint density at radius 3 is 2.21 bits per heavy atom. The van der Waals surface area contributed by atoms with Gasteiger partial charge in [-0.1, -0.05) is 54.6 Å². The van der Waals surface area contributed by atoms with Gasteiger partial charge in [-0.2, -0.15) is 13.2 Å². The Labute approximate surface area is 218 Å². The molecule has 0 spiro atoms. The van der Waals surface area contributed by atoms with Gasteiger partial charge in [0.15, 0.2) is 0 Å². The summed E-state index contributed by atoms with van der Waals surface area (Å²) in [6, 6.07) is 20.0. The lowest BCUT2D eigenvalue weighted by molar-refractivity contribution is -0.192. The van der Waals surface area contributed by atoms with E-state index in [1.807, 2.05) is 37.3 Å². The second kappa shape index (κ2) is 11.6. The Morgan fingerprint density at radius 2 is 1.61 bits per heavy atom. The number of carboxylic acids is 1. The van der Waals surface area contributed by atoms with Gasteiger partial charge in [-0.05, 0) is 49.9 Å². The van der Waals surface area contributed by atoms with Crippen LogP contribution in [0.3, 0.4) is 0 Å². The molecule has 2 heterocycles. The van der Waals surface area contributed by atoms with Gasteiger partial charge in [0.1, 0.15) is 5.56 Å². The number of hydrogen-bond acceptors (Lipinski definition) is 4. The molecule has 0 aliphatic carbocycles. The quantitative estimate of drug-likeness (QED) is 0.450. The number of carbonyl (C=O) groups excluding carboxylic acids is 1. The lowest BCUT2D eigenvalue weighted by atomic mass is 9.94. The maximum atomic E-state index is 12.9. The van der Waals surface area contributed by atoms with Gasteiger partial charge >= 0.3 is 12.1 Å². The molecule has 10 heteroatoms. The van der Waals surface area contributed by atoms with Crippen molar-refractivity contribution in [1.29, 1.82) is 0 Å². The van der Waals surface area contributed by atoms with E-state index in [0.717, 1.165) is 36.3 Å². The number of carbonyl (C=O) groups is 2. The largest absolute Gasteiger partial charge is 0.490 e. The van der Waals surface area contributed by atoms with E-state index in [-0.39, 0.29) is 22.6 Å². The third-order valence-electron chi connectivity index (χ3n) is 6.48. The number of halogens is 3. The lowest BCUT2D eigenvalue weighted by Gasteiger charge is -2.41. The number of carboxylic acid groups (broad SMARTS) is 1. The molecular formula is C28H30F3N3O4. The molecule has 1 aliphatic rings. The fourth-order valence-corrected chi connectivity index (χ4v) is 4.23. The van der Waals surface area contributed by atoms with Crippen molar-refractivity contribution in [3.8, 4) is 11.1 Å². The number of fused-ring (bicyclic) bond motifs is 1. The highest BCUT2D eigenvalue weighted by atomic mass is 19.4. The van der Waals surface area contributed by atoms with Crippen molar-refractivity contribution in [1.82, 2.24) is 15.2 Å². The van der Waals surface area contributed by atoms with Crippen LogP contribution in [0.25, 0.3) is 11.1 Å². The van der Waals surface area contributed by atoms with Crippen molar-refractivity contribution in [2.75, 3.05) is 13.1 Å². The number of H-pyrrole nitrogens is 1. The van der Waals surface area contributed by atoms with E-state index >= 15 is 0 Å². The van der Waals surface area contributed by atoms with Crippen LogP contribution >= 0.6 is 0 Å². The molecule has 0 radical (unpaired) electrons. The monoisotopic (exact) mass is 529 g/mol. The second-order valence-electron chi connectivity index (χ2n) is 9.66. The first-order valence-electron chi connectivity index (χ1n) is 12.0. The van der Waals surface area contributed by atoms with Gasteiger partial charge in [0.25, 0.3) is 11.5 Å². The number of rotatable bonds is 5. The van der Waals surface area contributed by atoms with Gasteiger partial charge in [0.05, 0.1) is 0 Å². The number of hydrogen-bond donors (Lipinski definition) is 3. The van der Waals surface area contributed by atoms with Crippen LogP contribution in [0.2, 0.25) is 0 Å². The average molecular weight is 530 g/mol. The molecule has 7 nitrogen and oxygen atoms in total. The van der Waals surface area contributed by atoms with Crippen LogP contribution in [0.5, 0.6) is 0 Å². The summed E-state index contributed by atoms with van der Waals surface area (Å²) >= 11 is 0. The van der Waals surface area contributed by atoms with Crippen molar-refractivity contribution in [3.63, 3.8) is 0 Å². The Balaban J connectivity index is 0.000000505. The van der Waals surface area contributed by atoms with Gasteiger partial charge in [-0.3, -0.25) is 14.5 Å². The molecule has 0 atom stereocenters. The maximum Gasteiger partial charge on any atom is 0.490 e. The minimum atomic E-state index is -5.08. The molecule has 202 valence electrons. The van der Waals surface area contributed by atoms with E-state index in [1.165, 1.54) is 11.1 Å². The number of pyridine rings is 1. The predicted octanol–water partition coefficient (Wildman–Crippen LogP) is 4.55. The molecule has 0 saturated carbocycles. The van der Waals surface area contributed by atoms with Crippen molar-refractivity contribution >= 4 is 11.9 Å². The smallest absolute Gasteiger partial charge is 0.475 e. The van der Waals surface area contributed by atoms with Crippen LogP contribution < -0.4 is 10.9 Å². The second-order valence-corrected chi connectivity index (χ2v) is 9.66.